The van der Waals surface area contributed by atoms with Crippen molar-refractivity contribution < 1.29 is 9.90 Å². The van der Waals surface area contributed by atoms with Crippen molar-refractivity contribution in [3.05, 3.63) is 81.9 Å². The van der Waals surface area contributed by atoms with Crippen molar-refractivity contribution in [1.82, 2.24) is 19.7 Å². The van der Waals surface area contributed by atoms with Gasteiger partial charge in [0.15, 0.2) is 5.82 Å². The fourth-order valence-corrected chi connectivity index (χ4v) is 4.49. The minimum absolute atomic E-state index is 0.108. The van der Waals surface area contributed by atoms with Crippen LogP contribution in [0.3, 0.4) is 0 Å². The topological polar surface area (TPSA) is 119 Å². The van der Waals surface area contributed by atoms with Gasteiger partial charge in [0.2, 0.25) is 0 Å². The number of carbonyl (C=O) groups excluding carboxylic acids is 1. The van der Waals surface area contributed by atoms with Crippen molar-refractivity contribution in [1.29, 1.82) is 0 Å². The summed E-state index contributed by atoms with van der Waals surface area (Å²) in [5.74, 6) is 0.541. The van der Waals surface area contributed by atoms with Crippen molar-refractivity contribution in [3.63, 3.8) is 0 Å². The molecule has 3 heterocycles. The number of H-pyrrole nitrogens is 1. The zero-order valence-electron chi connectivity index (χ0n) is 20.3. The maximum Gasteiger partial charge on any atom is 0.293 e. The van der Waals surface area contributed by atoms with E-state index in [1.165, 1.54) is 4.57 Å². The van der Waals surface area contributed by atoms with Crippen LogP contribution >= 0.6 is 0 Å². The lowest BCUT2D eigenvalue weighted by molar-refractivity contribution is 0.0980. The number of benzene rings is 2. The SMILES string of the molecule is CN(C)c1ccc2c(c1)CCN(c1cccc(-c3cn(C)c(=O)c(Nc4ccn[nH]4)n3)c1CO)C2=O. The molecule has 1 aliphatic rings. The van der Waals surface area contributed by atoms with Crippen molar-refractivity contribution in [2.24, 2.45) is 7.05 Å². The van der Waals surface area contributed by atoms with E-state index in [-0.39, 0.29) is 23.9 Å². The second-order valence-electron chi connectivity index (χ2n) is 8.89. The lowest BCUT2D eigenvalue weighted by Crippen LogP contribution is -2.38. The fourth-order valence-electron chi connectivity index (χ4n) is 4.49. The fraction of sp³-hybridized carbons (Fsp3) is 0.231. The Morgan fingerprint density at radius 2 is 1.97 bits per heavy atom. The Morgan fingerprint density at radius 1 is 1.14 bits per heavy atom. The molecule has 10 nitrogen and oxygen atoms in total. The molecule has 0 spiro atoms. The summed E-state index contributed by atoms with van der Waals surface area (Å²) in [5, 5.41) is 20.0. The Bertz CT molecular complexity index is 1490. The zero-order chi connectivity index (χ0) is 25.4. The van der Waals surface area contributed by atoms with Gasteiger partial charge in [0, 0.05) is 62.3 Å². The van der Waals surface area contributed by atoms with Crippen LogP contribution in [0.25, 0.3) is 11.3 Å². The van der Waals surface area contributed by atoms with E-state index in [1.807, 2.05) is 49.3 Å². The molecule has 184 valence electrons. The predicted molar refractivity (Wildman–Crippen MR) is 139 cm³/mol. The van der Waals surface area contributed by atoms with Gasteiger partial charge >= 0.3 is 0 Å². The van der Waals surface area contributed by atoms with Gasteiger partial charge in [0.1, 0.15) is 5.82 Å². The normalized spacial score (nSPS) is 13.0. The first-order valence-corrected chi connectivity index (χ1v) is 11.6. The van der Waals surface area contributed by atoms with Gasteiger partial charge in [-0.05, 0) is 36.2 Å². The molecule has 4 aromatic rings. The largest absolute Gasteiger partial charge is 0.392 e. The Morgan fingerprint density at radius 3 is 2.69 bits per heavy atom. The molecule has 0 bridgehead atoms. The van der Waals surface area contributed by atoms with Crippen LogP contribution in [0.1, 0.15) is 21.5 Å². The van der Waals surface area contributed by atoms with E-state index in [4.69, 9.17) is 0 Å². The van der Waals surface area contributed by atoms with Gasteiger partial charge in [-0.1, -0.05) is 12.1 Å². The van der Waals surface area contributed by atoms with Crippen LogP contribution in [-0.2, 0) is 20.1 Å². The smallest absolute Gasteiger partial charge is 0.293 e. The lowest BCUT2D eigenvalue weighted by Gasteiger charge is -2.31. The highest BCUT2D eigenvalue weighted by molar-refractivity contribution is 6.09. The van der Waals surface area contributed by atoms with E-state index in [2.05, 4.69) is 26.6 Å². The second-order valence-corrected chi connectivity index (χ2v) is 8.89. The number of hydrogen-bond acceptors (Lipinski definition) is 7. The maximum absolute atomic E-state index is 13.5. The van der Waals surface area contributed by atoms with Crippen LogP contribution < -0.4 is 20.7 Å². The van der Waals surface area contributed by atoms with Gasteiger partial charge in [0.25, 0.3) is 11.5 Å². The number of nitrogens with one attached hydrogen (secondary N) is 2. The number of amides is 1. The first-order chi connectivity index (χ1) is 17.4. The molecule has 0 radical (unpaired) electrons. The Hall–Kier alpha value is -4.44. The summed E-state index contributed by atoms with van der Waals surface area (Å²) in [5.41, 5.74) is 4.73. The zero-order valence-corrected chi connectivity index (χ0v) is 20.3. The monoisotopic (exact) mass is 485 g/mol. The molecule has 10 heteroatoms. The standard InChI is InChI=1S/C26H27N7O3/c1-31(2)17-7-8-18-16(13-17)10-12-33(25(18)35)22-6-4-5-19(20(22)15-34)21-14-32(3)26(36)24(28-21)29-23-9-11-27-30-23/h4-9,11,13-14,34H,10,12,15H2,1-3H3,(H2,27,28,29,30). The number of aryl methyl sites for hydroxylation is 1. The predicted octanol–water partition coefficient (Wildman–Crippen LogP) is 2.68. The van der Waals surface area contributed by atoms with Crippen LogP contribution in [0.2, 0.25) is 0 Å². The number of aromatic nitrogens is 4. The van der Waals surface area contributed by atoms with E-state index in [1.54, 1.807) is 30.4 Å². The minimum atomic E-state index is -0.310. The summed E-state index contributed by atoms with van der Waals surface area (Å²) in [7, 11) is 5.59. The summed E-state index contributed by atoms with van der Waals surface area (Å²) in [4.78, 5) is 34.4. The lowest BCUT2D eigenvalue weighted by atomic mass is 9.95. The number of aliphatic hydroxyl groups excluding tert-OH is 1. The first kappa shape index (κ1) is 23.3. The van der Waals surface area contributed by atoms with Crippen LogP contribution in [0.4, 0.5) is 23.0 Å². The molecular formula is C26H27N7O3. The van der Waals surface area contributed by atoms with Crippen LogP contribution in [0.5, 0.6) is 0 Å². The molecule has 0 atom stereocenters. The molecule has 2 aromatic carbocycles. The molecule has 36 heavy (non-hydrogen) atoms. The third kappa shape index (κ3) is 4.11. The average molecular weight is 486 g/mol. The van der Waals surface area contributed by atoms with Gasteiger partial charge in [-0.2, -0.15) is 5.10 Å². The van der Waals surface area contributed by atoms with Crippen LogP contribution in [-0.4, -0.2) is 51.4 Å². The quantitative estimate of drug-likeness (QED) is 0.384. The second kappa shape index (κ2) is 9.31. The van der Waals surface area contributed by atoms with Crippen molar-refractivity contribution in [2.45, 2.75) is 13.0 Å². The summed E-state index contributed by atoms with van der Waals surface area (Å²) >= 11 is 0. The number of hydrogen-bond donors (Lipinski definition) is 3. The Labute approximate surface area is 207 Å². The minimum Gasteiger partial charge on any atom is -0.392 e. The molecule has 3 N–H and O–H groups in total. The van der Waals surface area contributed by atoms with Crippen LogP contribution in [0, 0.1) is 0 Å². The van der Waals surface area contributed by atoms with Gasteiger partial charge in [-0.15, -0.1) is 0 Å². The average Bonchev–Trinajstić information content (AvgIpc) is 3.39. The highest BCUT2D eigenvalue weighted by Crippen LogP contribution is 2.34. The molecule has 0 unspecified atom stereocenters. The van der Waals surface area contributed by atoms with Gasteiger partial charge in [-0.25, -0.2) is 4.98 Å². The first-order valence-electron chi connectivity index (χ1n) is 11.6. The Balaban J connectivity index is 1.55. The van der Waals surface area contributed by atoms with Crippen LogP contribution in [0.15, 0.2) is 59.7 Å². The number of nitrogens with zero attached hydrogens (tertiary/aromatic N) is 5. The molecule has 5 rings (SSSR count). The third-order valence-corrected chi connectivity index (χ3v) is 6.39. The molecule has 0 fully saturated rings. The van der Waals surface area contributed by atoms with Gasteiger partial charge < -0.3 is 24.8 Å². The molecule has 2 aromatic heterocycles. The van der Waals surface area contributed by atoms with E-state index in [0.717, 1.165) is 11.3 Å². The van der Waals surface area contributed by atoms with Crippen molar-refractivity contribution >= 4 is 28.9 Å². The molecule has 1 amide bonds. The molecule has 0 saturated heterocycles. The number of aromatic amines is 1. The number of aliphatic hydroxyl groups is 1. The molecular weight excluding hydrogens is 458 g/mol. The van der Waals surface area contributed by atoms with E-state index in [0.29, 0.717) is 46.9 Å². The van der Waals surface area contributed by atoms with Crippen molar-refractivity contribution in [2.75, 3.05) is 35.8 Å². The van der Waals surface area contributed by atoms with Gasteiger partial charge in [-0.3, -0.25) is 14.7 Å². The number of fused-ring (bicyclic) bond motifs is 1. The summed E-state index contributed by atoms with van der Waals surface area (Å²) in [6, 6.07) is 13.0. The molecule has 1 aliphatic heterocycles. The molecule has 0 saturated carbocycles. The summed E-state index contributed by atoms with van der Waals surface area (Å²) in [6.45, 7) is 0.196. The highest BCUT2D eigenvalue weighted by Gasteiger charge is 2.28. The van der Waals surface area contributed by atoms with Crippen molar-refractivity contribution in [3.8, 4) is 11.3 Å². The number of anilines is 4. The molecule has 0 aliphatic carbocycles. The summed E-state index contributed by atoms with van der Waals surface area (Å²) in [6.07, 6.45) is 3.89. The Kier molecular flexibility index (Phi) is 6.03. The summed E-state index contributed by atoms with van der Waals surface area (Å²) < 4.78 is 1.43. The van der Waals surface area contributed by atoms with Gasteiger partial charge in [0.05, 0.1) is 24.2 Å². The number of rotatable bonds is 6. The number of carbonyl (C=O) groups is 1. The maximum atomic E-state index is 13.5. The third-order valence-electron chi connectivity index (χ3n) is 6.39. The van der Waals surface area contributed by atoms with E-state index < -0.39 is 0 Å². The van der Waals surface area contributed by atoms with E-state index >= 15 is 0 Å². The highest BCUT2D eigenvalue weighted by atomic mass is 16.3. The van der Waals surface area contributed by atoms with E-state index in [9.17, 15) is 14.7 Å².